The minimum atomic E-state index is -4.31. The van der Waals surface area contributed by atoms with Gasteiger partial charge in [0.25, 0.3) is 0 Å². The van der Waals surface area contributed by atoms with Crippen LogP contribution in [0.1, 0.15) is 29.9 Å². The van der Waals surface area contributed by atoms with Gasteiger partial charge in [-0.25, -0.2) is 0 Å². The summed E-state index contributed by atoms with van der Waals surface area (Å²) in [4.78, 5) is 3.84. The number of nitrogens with zero attached hydrogens (tertiary/aromatic N) is 2. The summed E-state index contributed by atoms with van der Waals surface area (Å²) in [5.41, 5.74) is 0.109. The molecule has 0 fully saturated rings. The van der Waals surface area contributed by atoms with E-state index in [4.69, 9.17) is 0 Å². The molecule has 2 rings (SSSR count). The quantitative estimate of drug-likeness (QED) is 0.928. The number of alkyl halides is 3. The predicted molar refractivity (Wildman–Crippen MR) is 61.0 cm³/mol. The summed E-state index contributed by atoms with van der Waals surface area (Å²) in [6, 6.07) is 4.94. The standard InChI is InChI=1S/C12H12F3N3O/c1-8(16-6-11-17-7-19-18-11)9-2-4-10(5-3-9)12(13,14)15/h2-5,7-8,16H,6H2,1H3. The Bertz CT molecular complexity index is 508. The van der Waals surface area contributed by atoms with Crippen LogP contribution in [-0.2, 0) is 12.7 Å². The van der Waals surface area contributed by atoms with Crippen molar-refractivity contribution in [2.24, 2.45) is 0 Å². The van der Waals surface area contributed by atoms with Gasteiger partial charge in [-0.1, -0.05) is 17.3 Å². The van der Waals surface area contributed by atoms with Crippen LogP contribution >= 0.6 is 0 Å². The molecule has 0 amide bonds. The third-order valence-electron chi connectivity index (χ3n) is 2.71. The maximum absolute atomic E-state index is 12.4. The summed E-state index contributed by atoms with van der Waals surface area (Å²) >= 11 is 0. The van der Waals surface area contributed by atoms with E-state index in [1.807, 2.05) is 6.92 Å². The maximum atomic E-state index is 12.4. The molecule has 1 heterocycles. The molecule has 0 bridgehead atoms. The van der Waals surface area contributed by atoms with Gasteiger partial charge in [-0.3, -0.25) is 0 Å². The molecule has 0 radical (unpaired) electrons. The lowest BCUT2D eigenvalue weighted by molar-refractivity contribution is -0.137. The molecular weight excluding hydrogens is 259 g/mol. The maximum Gasteiger partial charge on any atom is 0.416 e. The zero-order valence-electron chi connectivity index (χ0n) is 10.1. The lowest BCUT2D eigenvalue weighted by Gasteiger charge is -2.14. The van der Waals surface area contributed by atoms with Gasteiger partial charge >= 0.3 is 6.18 Å². The topological polar surface area (TPSA) is 51.0 Å². The molecule has 1 aromatic carbocycles. The third kappa shape index (κ3) is 3.54. The molecule has 4 nitrogen and oxygen atoms in total. The second-order valence-corrected chi connectivity index (χ2v) is 4.07. The monoisotopic (exact) mass is 271 g/mol. The first-order chi connectivity index (χ1) is 8.97. The van der Waals surface area contributed by atoms with Gasteiger partial charge in [0.2, 0.25) is 6.39 Å². The molecule has 0 saturated carbocycles. The first-order valence-electron chi connectivity index (χ1n) is 5.62. The first kappa shape index (κ1) is 13.5. The van der Waals surface area contributed by atoms with E-state index in [9.17, 15) is 13.2 Å². The van der Waals surface area contributed by atoms with Gasteiger partial charge in [0.1, 0.15) is 0 Å². The van der Waals surface area contributed by atoms with E-state index in [1.54, 1.807) is 0 Å². The Labute approximate surface area is 107 Å². The molecule has 102 valence electrons. The molecule has 2 aromatic rings. The average Bonchev–Trinajstić information content (AvgIpc) is 2.88. The van der Waals surface area contributed by atoms with E-state index in [0.717, 1.165) is 17.7 Å². The van der Waals surface area contributed by atoms with Crippen molar-refractivity contribution in [3.05, 3.63) is 47.6 Å². The van der Waals surface area contributed by atoms with Gasteiger partial charge in [-0.15, -0.1) is 0 Å². The van der Waals surface area contributed by atoms with Crippen LogP contribution in [0.5, 0.6) is 0 Å². The smallest absolute Gasteiger partial charge is 0.343 e. The molecule has 0 saturated heterocycles. The number of hydrogen-bond acceptors (Lipinski definition) is 4. The lowest BCUT2D eigenvalue weighted by atomic mass is 10.1. The van der Waals surface area contributed by atoms with Gasteiger partial charge in [-0.2, -0.15) is 18.2 Å². The highest BCUT2D eigenvalue weighted by Gasteiger charge is 2.30. The van der Waals surface area contributed by atoms with Gasteiger partial charge in [0.15, 0.2) is 5.82 Å². The number of hydrogen-bond donors (Lipinski definition) is 1. The number of benzene rings is 1. The fourth-order valence-corrected chi connectivity index (χ4v) is 1.59. The number of aromatic nitrogens is 2. The fourth-order valence-electron chi connectivity index (χ4n) is 1.59. The highest BCUT2D eigenvalue weighted by Crippen LogP contribution is 2.29. The summed E-state index contributed by atoms with van der Waals surface area (Å²) < 4.78 is 41.8. The van der Waals surface area contributed by atoms with Crippen molar-refractivity contribution in [3.63, 3.8) is 0 Å². The second-order valence-electron chi connectivity index (χ2n) is 4.07. The van der Waals surface area contributed by atoms with Crippen LogP contribution in [-0.4, -0.2) is 10.1 Å². The van der Waals surface area contributed by atoms with Crippen molar-refractivity contribution in [1.29, 1.82) is 0 Å². The normalized spacial score (nSPS) is 13.5. The summed E-state index contributed by atoms with van der Waals surface area (Å²) in [6.07, 6.45) is -3.08. The second kappa shape index (κ2) is 5.40. The summed E-state index contributed by atoms with van der Waals surface area (Å²) in [5.74, 6) is 0.499. The minimum absolute atomic E-state index is 0.110. The van der Waals surface area contributed by atoms with Crippen LogP contribution in [0, 0.1) is 0 Å². The van der Waals surface area contributed by atoms with Crippen LogP contribution < -0.4 is 5.32 Å². The number of nitrogens with one attached hydrogen (secondary N) is 1. The first-order valence-corrected chi connectivity index (χ1v) is 5.62. The Hall–Kier alpha value is -1.89. The van der Waals surface area contributed by atoms with Crippen LogP contribution in [0.15, 0.2) is 35.2 Å². The summed E-state index contributed by atoms with van der Waals surface area (Å²) in [5, 5.41) is 6.72. The molecule has 19 heavy (non-hydrogen) atoms. The zero-order chi connectivity index (χ0) is 13.9. The molecule has 1 unspecified atom stereocenters. The van der Waals surface area contributed by atoms with Gasteiger partial charge in [0.05, 0.1) is 12.1 Å². The Morgan fingerprint density at radius 2 is 1.95 bits per heavy atom. The molecule has 0 aliphatic carbocycles. The van der Waals surface area contributed by atoms with E-state index >= 15 is 0 Å². The molecule has 1 atom stereocenters. The predicted octanol–water partition coefficient (Wildman–Crippen LogP) is 2.94. The van der Waals surface area contributed by atoms with Crippen molar-refractivity contribution in [2.45, 2.75) is 25.7 Å². The number of halogens is 3. The number of rotatable bonds is 4. The minimum Gasteiger partial charge on any atom is -0.343 e. The van der Waals surface area contributed by atoms with Crippen molar-refractivity contribution in [3.8, 4) is 0 Å². The Morgan fingerprint density at radius 3 is 2.47 bits per heavy atom. The highest BCUT2D eigenvalue weighted by atomic mass is 19.4. The Balaban J connectivity index is 1.97. The Morgan fingerprint density at radius 1 is 1.26 bits per heavy atom. The molecule has 0 spiro atoms. The van der Waals surface area contributed by atoms with Crippen molar-refractivity contribution >= 4 is 0 Å². The Kier molecular flexibility index (Phi) is 3.84. The molecular formula is C12H12F3N3O. The summed E-state index contributed by atoms with van der Waals surface area (Å²) in [7, 11) is 0. The molecule has 0 aliphatic rings. The van der Waals surface area contributed by atoms with Gasteiger partial charge in [-0.05, 0) is 24.6 Å². The van der Waals surface area contributed by atoms with Crippen LogP contribution in [0.3, 0.4) is 0 Å². The molecule has 1 N–H and O–H groups in total. The fraction of sp³-hybridized carbons (Fsp3) is 0.333. The lowest BCUT2D eigenvalue weighted by Crippen LogP contribution is -2.19. The van der Waals surface area contributed by atoms with E-state index < -0.39 is 11.7 Å². The average molecular weight is 271 g/mol. The van der Waals surface area contributed by atoms with Gasteiger partial charge < -0.3 is 9.84 Å². The SMILES string of the molecule is CC(NCc1ncon1)c1ccc(C(F)(F)F)cc1. The third-order valence-corrected chi connectivity index (χ3v) is 2.71. The van der Waals surface area contributed by atoms with E-state index in [1.165, 1.54) is 18.5 Å². The van der Waals surface area contributed by atoms with E-state index in [0.29, 0.717) is 12.4 Å². The van der Waals surface area contributed by atoms with Crippen LogP contribution in [0.4, 0.5) is 13.2 Å². The molecule has 7 heteroatoms. The molecule has 0 aliphatic heterocycles. The van der Waals surface area contributed by atoms with E-state index in [2.05, 4.69) is 20.0 Å². The van der Waals surface area contributed by atoms with Crippen LogP contribution in [0.2, 0.25) is 0 Å². The van der Waals surface area contributed by atoms with E-state index in [-0.39, 0.29) is 6.04 Å². The van der Waals surface area contributed by atoms with Crippen molar-refractivity contribution in [1.82, 2.24) is 15.5 Å². The zero-order valence-corrected chi connectivity index (χ0v) is 10.1. The summed E-state index contributed by atoms with van der Waals surface area (Å²) in [6.45, 7) is 2.24. The van der Waals surface area contributed by atoms with Crippen molar-refractivity contribution < 1.29 is 17.7 Å². The molecule has 1 aromatic heterocycles. The largest absolute Gasteiger partial charge is 0.416 e. The van der Waals surface area contributed by atoms with Gasteiger partial charge in [0, 0.05) is 6.04 Å². The highest BCUT2D eigenvalue weighted by molar-refractivity contribution is 5.26. The van der Waals surface area contributed by atoms with Crippen LogP contribution in [0.25, 0.3) is 0 Å². The van der Waals surface area contributed by atoms with Crippen molar-refractivity contribution in [2.75, 3.05) is 0 Å².